The first-order valence-corrected chi connectivity index (χ1v) is 12.6. The lowest BCUT2D eigenvalue weighted by Crippen LogP contribution is -2.55. The fourth-order valence-electron chi connectivity index (χ4n) is 4.20. The van der Waals surface area contributed by atoms with Crippen molar-refractivity contribution in [1.82, 2.24) is 15.1 Å². The monoisotopic (exact) mass is 473 g/mol. The van der Waals surface area contributed by atoms with Crippen LogP contribution in [0.15, 0.2) is 36.4 Å². The minimum absolute atomic E-state index is 0.0398. The number of hydrogen-bond donors (Lipinski definition) is 1. The molecule has 1 aliphatic rings. The summed E-state index contributed by atoms with van der Waals surface area (Å²) in [6.45, 7) is 8.77. The van der Waals surface area contributed by atoms with Crippen LogP contribution in [-0.4, -0.2) is 39.9 Å². The van der Waals surface area contributed by atoms with Gasteiger partial charge >= 0.3 is 6.03 Å². The Labute approximate surface area is 201 Å². The molecule has 33 heavy (non-hydrogen) atoms. The van der Waals surface area contributed by atoms with E-state index in [1.807, 2.05) is 39.8 Å². The zero-order valence-electron chi connectivity index (χ0n) is 20.2. The molecule has 0 radical (unpaired) electrons. The maximum absolute atomic E-state index is 13.6. The van der Waals surface area contributed by atoms with E-state index in [0.717, 1.165) is 36.1 Å². The summed E-state index contributed by atoms with van der Waals surface area (Å²) < 4.78 is 13.4. The molecule has 1 fully saturated rings. The molecule has 1 heterocycles. The van der Waals surface area contributed by atoms with Gasteiger partial charge in [-0.05, 0) is 70.4 Å². The van der Waals surface area contributed by atoms with Crippen LogP contribution in [0.4, 0.5) is 9.18 Å². The summed E-state index contributed by atoms with van der Waals surface area (Å²) in [6, 6.07) is 10.2. The van der Waals surface area contributed by atoms with Crippen molar-refractivity contribution >= 4 is 23.3 Å². The van der Waals surface area contributed by atoms with Gasteiger partial charge < -0.3 is 15.1 Å². The van der Waals surface area contributed by atoms with E-state index in [4.69, 9.17) is 0 Å². The van der Waals surface area contributed by atoms with Crippen molar-refractivity contribution in [3.63, 3.8) is 0 Å². The number of urea groups is 1. The third-order valence-corrected chi connectivity index (χ3v) is 6.83. The highest BCUT2D eigenvalue weighted by Crippen LogP contribution is 2.24. The van der Waals surface area contributed by atoms with E-state index in [1.165, 1.54) is 23.4 Å². The van der Waals surface area contributed by atoms with Gasteiger partial charge in [0.1, 0.15) is 12.4 Å². The molecule has 1 aromatic carbocycles. The molecule has 180 valence electrons. The Morgan fingerprint density at radius 1 is 1.03 bits per heavy atom. The van der Waals surface area contributed by atoms with Crippen LogP contribution in [0.25, 0.3) is 0 Å². The van der Waals surface area contributed by atoms with Crippen molar-refractivity contribution in [2.24, 2.45) is 0 Å². The smallest absolute Gasteiger partial charge is 0.318 e. The third-order valence-electron chi connectivity index (χ3n) is 5.85. The normalized spacial score (nSPS) is 14.7. The molecular weight excluding hydrogens is 437 g/mol. The number of aryl methyl sites for hydroxylation is 1. The van der Waals surface area contributed by atoms with Crippen molar-refractivity contribution in [3.8, 4) is 0 Å². The molecule has 1 aromatic heterocycles. The summed E-state index contributed by atoms with van der Waals surface area (Å²) in [7, 11) is 0. The first kappa shape index (κ1) is 25.2. The Hall–Kier alpha value is -2.41. The zero-order chi connectivity index (χ0) is 24.0. The Morgan fingerprint density at radius 3 is 2.27 bits per heavy atom. The van der Waals surface area contributed by atoms with Gasteiger partial charge in [0.25, 0.3) is 0 Å². The van der Waals surface area contributed by atoms with Crippen molar-refractivity contribution in [1.29, 1.82) is 0 Å². The molecule has 0 spiro atoms. The fourth-order valence-corrected chi connectivity index (χ4v) is 5.10. The number of hydrogen-bond acceptors (Lipinski definition) is 3. The first-order chi connectivity index (χ1) is 15.6. The molecule has 3 amide bonds. The van der Waals surface area contributed by atoms with Crippen LogP contribution in [0, 0.1) is 12.7 Å². The molecule has 3 rings (SSSR count). The van der Waals surface area contributed by atoms with E-state index >= 15 is 0 Å². The molecular formula is C26H36FN3O2S. The zero-order valence-corrected chi connectivity index (χ0v) is 21.0. The molecule has 7 heteroatoms. The summed E-state index contributed by atoms with van der Waals surface area (Å²) in [6.07, 6.45) is 5.17. The summed E-state index contributed by atoms with van der Waals surface area (Å²) in [5.74, 6) is -0.396. The summed E-state index contributed by atoms with van der Waals surface area (Å²) in [5.41, 5.74) is 0.483. The van der Waals surface area contributed by atoms with E-state index in [0.29, 0.717) is 13.1 Å². The Morgan fingerprint density at radius 2 is 1.70 bits per heavy atom. The Balaban J connectivity index is 1.80. The van der Waals surface area contributed by atoms with Crippen LogP contribution >= 0.6 is 11.3 Å². The molecule has 1 aliphatic carbocycles. The second kappa shape index (κ2) is 11.1. The standard InChI is InChI=1S/C26H36FN3O2S/c1-19-10-15-23(33-19)17-29(16-20-11-13-21(27)14-12-20)24(31)18-30(22-8-6-5-7-9-22)25(32)28-26(2,3)4/h10-15,22H,5-9,16-18H2,1-4H3,(H,28,32). The molecule has 0 saturated heterocycles. The number of amides is 3. The predicted molar refractivity (Wildman–Crippen MR) is 132 cm³/mol. The van der Waals surface area contributed by atoms with Crippen LogP contribution in [0.5, 0.6) is 0 Å². The molecule has 0 aliphatic heterocycles. The van der Waals surface area contributed by atoms with E-state index in [9.17, 15) is 14.0 Å². The highest BCUT2D eigenvalue weighted by molar-refractivity contribution is 7.11. The second-order valence-corrected chi connectivity index (χ2v) is 11.4. The van der Waals surface area contributed by atoms with Gasteiger partial charge in [0, 0.05) is 27.9 Å². The number of benzene rings is 1. The Kier molecular flexibility index (Phi) is 8.51. The molecule has 1 N–H and O–H groups in total. The van der Waals surface area contributed by atoms with Gasteiger partial charge in [0.15, 0.2) is 0 Å². The van der Waals surface area contributed by atoms with Crippen molar-refractivity contribution in [2.45, 2.75) is 84.5 Å². The maximum atomic E-state index is 13.6. The van der Waals surface area contributed by atoms with Crippen LogP contribution in [0.1, 0.15) is 68.2 Å². The second-order valence-electron chi connectivity index (χ2n) is 9.99. The lowest BCUT2D eigenvalue weighted by molar-refractivity contribution is -0.133. The predicted octanol–water partition coefficient (Wildman–Crippen LogP) is 5.87. The summed E-state index contributed by atoms with van der Waals surface area (Å²) in [5, 5.41) is 3.05. The number of nitrogens with zero attached hydrogens (tertiary/aromatic N) is 2. The number of nitrogens with one attached hydrogen (secondary N) is 1. The number of thiophene rings is 1. The molecule has 2 aromatic rings. The third kappa shape index (κ3) is 7.84. The Bertz CT molecular complexity index is 930. The van der Waals surface area contributed by atoms with Gasteiger partial charge in [-0.25, -0.2) is 9.18 Å². The van der Waals surface area contributed by atoms with E-state index in [2.05, 4.69) is 5.32 Å². The average molecular weight is 474 g/mol. The molecule has 0 unspecified atom stereocenters. The van der Waals surface area contributed by atoms with Gasteiger partial charge in [-0.15, -0.1) is 11.3 Å². The van der Waals surface area contributed by atoms with Crippen LogP contribution < -0.4 is 5.32 Å². The van der Waals surface area contributed by atoms with Gasteiger partial charge in [0.2, 0.25) is 5.91 Å². The summed E-state index contributed by atoms with van der Waals surface area (Å²) in [4.78, 5) is 32.6. The number of carbonyl (C=O) groups excluding carboxylic acids is 2. The molecule has 1 saturated carbocycles. The van der Waals surface area contributed by atoms with E-state index in [-0.39, 0.29) is 35.9 Å². The lowest BCUT2D eigenvalue weighted by atomic mass is 9.94. The minimum Gasteiger partial charge on any atom is -0.333 e. The SMILES string of the molecule is Cc1ccc(CN(Cc2ccc(F)cc2)C(=O)CN(C(=O)NC(C)(C)C)C2CCCCC2)s1. The number of halogens is 1. The van der Waals surface area contributed by atoms with Crippen LogP contribution in [-0.2, 0) is 17.9 Å². The molecule has 0 atom stereocenters. The molecule has 0 bridgehead atoms. The van der Waals surface area contributed by atoms with Crippen molar-refractivity contribution in [3.05, 3.63) is 57.5 Å². The number of carbonyl (C=O) groups is 2. The minimum atomic E-state index is -0.380. The fraction of sp³-hybridized carbons (Fsp3) is 0.538. The van der Waals surface area contributed by atoms with Crippen molar-refractivity contribution in [2.75, 3.05) is 6.54 Å². The summed E-state index contributed by atoms with van der Waals surface area (Å²) >= 11 is 1.66. The lowest BCUT2D eigenvalue weighted by Gasteiger charge is -2.37. The molecule has 5 nitrogen and oxygen atoms in total. The van der Waals surface area contributed by atoms with Crippen LogP contribution in [0.2, 0.25) is 0 Å². The largest absolute Gasteiger partial charge is 0.333 e. The van der Waals surface area contributed by atoms with Gasteiger partial charge in [-0.1, -0.05) is 31.4 Å². The van der Waals surface area contributed by atoms with E-state index < -0.39 is 0 Å². The van der Waals surface area contributed by atoms with E-state index in [1.54, 1.807) is 33.3 Å². The average Bonchev–Trinajstić information content (AvgIpc) is 3.17. The maximum Gasteiger partial charge on any atom is 0.318 e. The topological polar surface area (TPSA) is 52.7 Å². The quantitative estimate of drug-likeness (QED) is 0.547. The number of rotatable bonds is 7. The van der Waals surface area contributed by atoms with Gasteiger partial charge in [-0.3, -0.25) is 4.79 Å². The highest BCUT2D eigenvalue weighted by atomic mass is 32.1. The highest BCUT2D eigenvalue weighted by Gasteiger charge is 2.31. The van der Waals surface area contributed by atoms with Crippen LogP contribution in [0.3, 0.4) is 0 Å². The first-order valence-electron chi connectivity index (χ1n) is 11.8. The van der Waals surface area contributed by atoms with Gasteiger partial charge in [-0.2, -0.15) is 0 Å². The van der Waals surface area contributed by atoms with Gasteiger partial charge in [0.05, 0.1) is 6.54 Å². The van der Waals surface area contributed by atoms with Crippen molar-refractivity contribution < 1.29 is 14.0 Å².